The van der Waals surface area contributed by atoms with Crippen molar-refractivity contribution >= 4 is 12.4 Å². The van der Waals surface area contributed by atoms with Gasteiger partial charge >= 0.3 is 5.69 Å². The van der Waals surface area contributed by atoms with Crippen LogP contribution in [0.2, 0.25) is 0 Å². The van der Waals surface area contributed by atoms with Crippen molar-refractivity contribution in [2.45, 2.75) is 50.6 Å². The van der Waals surface area contributed by atoms with E-state index in [1.54, 1.807) is 0 Å². The molecule has 2 unspecified atom stereocenters. The van der Waals surface area contributed by atoms with Crippen molar-refractivity contribution in [3.8, 4) is 0 Å². The fourth-order valence-electron chi connectivity index (χ4n) is 4.32. The Morgan fingerprint density at radius 3 is 2.19 bits per heavy atom. The van der Waals surface area contributed by atoms with Crippen LogP contribution in [0.25, 0.3) is 0 Å². The number of fused-ring (bicyclic) bond motifs is 1. The number of hydrogen-bond donors (Lipinski definition) is 3. The first-order valence-corrected chi connectivity index (χ1v) is 8.99. The van der Waals surface area contributed by atoms with Gasteiger partial charge in [0.25, 0.3) is 6.47 Å². The van der Waals surface area contributed by atoms with Gasteiger partial charge < -0.3 is 14.9 Å². The number of rotatable bonds is 5. The zero-order valence-corrected chi connectivity index (χ0v) is 15.6. The monoisotopic (exact) mass is 367 g/mol. The molecule has 2 aliphatic rings. The van der Waals surface area contributed by atoms with Crippen LogP contribution < -0.4 is 5.69 Å². The Hall–Kier alpha value is -2.16. The molecule has 2 saturated carbocycles. The van der Waals surface area contributed by atoms with Crippen LogP contribution in [0, 0.1) is 11.8 Å². The molecule has 9 heteroatoms. The number of aromatic nitrogens is 3. The van der Waals surface area contributed by atoms with E-state index in [0.717, 1.165) is 24.7 Å². The molecule has 146 valence electrons. The maximum Gasteiger partial charge on any atom is 0.340 e. The van der Waals surface area contributed by atoms with Crippen molar-refractivity contribution < 1.29 is 14.7 Å². The van der Waals surface area contributed by atoms with Crippen LogP contribution in [0.4, 0.5) is 0 Å². The van der Waals surface area contributed by atoms with E-state index < -0.39 is 0 Å². The molecule has 0 aliphatic heterocycles. The molecule has 0 bridgehead atoms. The second-order valence-corrected chi connectivity index (χ2v) is 7.47. The molecule has 1 aromatic rings. The third kappa shape index (κ3) is 4.94. The number of nitrogens with zero attached hydrogens (tertiary/aromatic N) is 3. The number of H-pyrrole nitrogens is 2. The maximum atomic E-state index is 12.4. The van der Waals surface area contributed by atoms with Gasteiger partial charge in [-0.3, -0.25) is 14.6 Å². The van der Waals surface area contributed by atoms with Gasteiger partial charge in [0.15, 0.2) is 0 Å². The summed E-state index contributed by atoms with van der Waals surface area (Å²) in [6.45, 7) is -0.250. The van der Waals surface area contributed by atoms with Crippen LogP contribution in [-0.4, -0.2) is 75.7 Å². The Labute approximate surface area is 152 Å². The van der Waals surface area contributed by atoms with Gasteiger partial charge in [-0.1, -0.05) is 0 Å². The van der Waals surface area contributed by atoms with Crippen LogP contribution in [-0.2, 0) is 16.0 Å². The zero-order chi connectivity index (χ0) is 19.3. The molecule has 0 spiro atoms. The molecule has 26 heavy (non-hydrogen) atoms. The molecule has 4 atom stereocenters. The molecule has 3 N–H and O–H groups in total. The fourth-order valence-corrected chi connectivity index (χ4v) is 4.32. The summed E-state index contributed by atoms with van der Waals surface area (Å²) in [5.74, 6) is 2.23. The van der Waals surface area contributed by atoms with Gasteiger partial charge in [-0.25, -0.2) is 9.89 Å². The molecular weight excluding hydrogens is 338 g/mol. The first-order chi connectivity index (χ1) is 12.3. The van der Waals surface area contributed by atoms with Crippen molar-refractivity contribution in [1.82, 2.24) is 25.0 Å². The molecular formula is C17H29N5O4. The van der Waals surface area contributed by atoms with Gasteiger partial charge in [-0.05, 0) is 51.6 Å². The number of nitrogens with one attached hydrogen (secondary N) is 2. The second-order valence-electron chi connectivity index (χ2n) is 7.47. The van der Waals surface area contributed by atoms with E-state index in [9.17, 15) is 9.59 Å². The van der Waals surface area contributed by atoms with E-state index in [0.29, 0.717) is 30.7 Å². The molecule has 0 radical (unpaired) electrons. The van der Waals surface area contributed by atoms with E-state index in [-0.39, 0.29) is 18.1 Å². The normalized spacial score (nSPS) is 26.9. The number of carbonyl (C=O) groups excluding carboxylic acids is 1. The van der Waals surface area contributed by atoms with E-state index >= 15 is 0 Å². The van der Waals surface area contributed by atoms with Crippen LogP contribution >= 0.6 is 0 Å². The van der Waals surface area contributed by atoms with Gasteiger partial charge in [0, 0.05) is 32.0 Å². The minimum Gasteiger partial charge on any atom is -0.483 e. The highest BCUT2D eigenvalue weighted by molar-refractivity contribution is 5.76. The van der Waals surface area contributed by atoms with E-state index in [4.69, 9.17) is 9.90 Å². The third-order valence-corrected chi connectivity index (χ3v) is 5.76. The predicted octanol–water partition coefficient (Wildman–Crippen LogP) is 0.309. The Bertz CT molecular complexity index is 642. The largest absolute Gasteiger partial charge is 0.483 e. The van der Waals surface area contributed by atoms with Crippen LogP contribution in [0.1, 0.15) is 37.9 Å². The quantitative estimate of drug-likeness (QED) is 0.644. The van der Waals surface area contributed by atoms with Crippen molar-refractivity contribution in [1.29, 1.82) is 0 Å². The number of carbonyl (C=O) groups is 2. The van der Waals surface area contributed by atoms with Gasteiger partial charge in [-0.2, -0.15) is 5.10 Å². The summed E-state index contributed by atoms with van der Waals surface area (Å²) in [4.78, 5) is 38.6. The Balaban J connectivity index is 0.000000758. The highest BCUT2D eigenvalue weighted by Gasteiger charge is 2.43. The average molecular weight is 367 g/mol. The summed E-state index contributed by atoms with van der Waals surface area (Å²) in [5.41, 5.74) is -0.320. The van der Waals surface area contributed by atoms with Crippen molar-refractivity contribution in [2.24, 2.45) is 11.8 Å². The lowest BCUT2D eigenvalue weighted by molar-refractivity contribution is -0.132. The summed E-state index contributed by atoms with van der Waals surface area (Å²) >= 11 is 0. The third-order valence-electron chi connectivity index (χ3n) is 5.76. The number of hydrogen-bond acceptors (Lipinski definition) is 5. The van der Waals surface area contributed by atoms with Gasteiger partial charge in [0.2, 0.25) is 5.91 Å². The Morgan fingerprint density at radius 1 is 1.19 bits per heavy atom. The lowest BCUT2D eigenvalue weighted by Gasteiger charge is -2.27. The Morgan fingerprint density at radius 2 is 1.73 bits per heavy atom. The lowest BCUT2D eigenvalue weighted by atomic mass is 10.0. The van der Waals surface area contributed by atoms with Crippen molar-refractivity contribution in [3.63, 3.8) is 0 Å². The lowest BCUT2D eigenvalue weighted by Crippen LogP contribution is -2.36. The summed E-state index contributed by atoms with van der Waals surface area (Å²) in [6, 6.07) is 1.09. The minimum absolute atomic E-state index is 0.142. The molecule has 9 nitrogen and oxygen atoms in total. The summed E-state index contributed by atoms with van der Waals surface area (Å²) < 4.78 is 0. The summed E-state index contributed by atoms with van der Waals surface area (Å²) in [5, 5.41) is 13.1. The fraction of sp³-hybridized carbons (Fsp3) is 0.765. The Kier molecular flexibility index (Phi) is 6.96. The smallest absolute Gasteiger partial charge is 0.340 e. The minimum atomic E-state index is -0.320. The van der Waals surface area contributed by atoms with E-state index in [1.165, 1.54) is 12.8 Å². The average Bonchev–Trinajstić information content (AvgIpc) is 3.26. The van der Waals surface area contributed by atoms with Gasteiger partial charge in [-0.15, -0.1) is 0 Å². The highest BCUT2D eigenvalue weighted by Crippen LogP contribution is 2.46. The number of carboxylic acid groups (broad SMARTS) is 1. The molecule has 1 heterocycles. The standard InChI is InChI=1S/C16H27N5O2.CH2O2/c1-20(2)12-6-10-8-13(9-11(10)7-12)21(3)15(22)5-4-14-17-16(23)19-18-14;2-1-3/h10-13H,4-9H2,1-3H3,(H2,17,18,19,23);1H,(H,2,3)/t10-,11+,12?,13?;. The summed E-state index contributed by atoms with van der Waals surface area (Å²) in [7, 11) is 6.25. The second kappa shape index (κ2) is 8.98. The topological polar surface area (TPSA) is 122 Å². The van der Waals surface area contributed by atoms with E-state index in [1.807, 2.05) is 11.9 Å². The van der Waals surface area contributed by atoms with Gasteiger partial charge in [0.05, 0.1) is 0 Å². The van der Waals surface area contributed by atoms with E-state index in [2.05, 4.69) is 34.2 Å². The number of aromatic amines is 2. The molecule has 3 rings (SSSR count). The van der Waals surface area contributed by atoms with Crippen LogP contribution in [0.3, 0.4) is 0 Å². The van der Waals surface area contributed by atoms with Gasteiger partial charge in [0.1, 0.15) is 5.82 Å². The molecule has 2 fully saturated rings. The number of aryl methyl sites for hydroxylation is 1. The predicted molar refractivity (Wildman–Crippen MR) is 95.7 cm³/mol. The molecule has 1 amide bonds. The van der Waals surface area contributed by atoms with Crippen molar-refractivity contribution in [2.75, 3.05) is 21.1 Å². The van der Waals surface area contributed by atoms with Crippen LogP contribution in [0.15, 0.2) is 4.79 Å². The SMILES string of the molecule is CN(C)C1C[C@@H]2CC(N(C)C(=O)CCc3n[nH]c(=O)[nH]3)C[C@@H]2C1.O=CO. The van der Waals surface area contributed by atoms with Crippen LogP contribution in [0.5, 0.6) is 0 Å². The molecule has 2 aliphatic carbocycles. The number of amides is 1. The van der Waals surface area contributed by atoms with Crippen molar-refractivity contribution in [3.05, 3.63) is 16.3 Å². The first-order valence-electron chi connectivity index (χ1n) is 8.99. The zero-order valence-electron chi connectivity index (χ0n) is 15.6. The molecule has 0 aromatic carbocycles. The molecule has 1 aromatic heterocycles. The first kappa shape index (κ1) is 20.2. The molecule has 0 saturated heterocycles. The maximum absolute atomic E-state index is 12.4. The summed E-state index contributed by atoms with van der Waals surface area (Å²) in [6.07, 6.45) is 5.68. The highest BCUT2D eigenvalue weighted by atomic mass is 16.3.